The zero-order valence-corrected chi connectivity index (χ0v) is 18.4. The van der Waals surface area contributed by atoms with Gasteiger partial charge in [-0.25, -0.2) is 9.19 Å². The number of carbonyl (C=O) groups is 1. The lowest BCUT2D eigenvalue weighted by Crippen LogP contribution is -2.10. The largest absolute Gasteiger partial charge is 0.471 e. The second-order valence-electron chi connectivity index (χ2n) is 7.32. The maximum atomic E-state index is 13.1. The quantitative estimate of drug-likeness (QED) is 0.440. The summed E-state index contributed by atoms with van der Waals surface area (Å²) in [6, 6.07) is 9.72. The molecule has 0 aliphatic carbocycles. The third-order valence-electron chi connectivity index (χ3n) is 4.63. The van der Waals surface area contributed by atoms with Gasteiger partial charge in [0.15, 0.2) is 0 Å². The van der Waals surface area contributed by atoms with Crippen LogP contribution >= 0.6 is 0 Å². The van der Waals surface area contributed by atoms with Gasteiger partial charge in [-0.3, -0.25) is 4.79 Å². The van der Waals surface area contributed by atoms with Crippen LogP contribution in [0.3, 0.4) is 0 Å². The summed E-state index contributed by atoms with van der Waals surface area (Å²) < 4.78 is 60.8. The first-order valence-corrected chi connectivity index (χ1v) is 11.3. The Labute approximate surface area is 186 Å². The highest BCUT2D eigenvalue weighted by Crippen LogP contribution is 2.29. The normalized spacial score (nSPS) is 13.6. The first-order chi connectivity index (χ1) is 15.4. The van der Waals surface area contributed by atoms with Crippen molar-refractivity contribution in [2.45, 2.75) is 11.1 Å². The van der Waals surface area contributed by atoms with Crippen LogP contribution in [-0.4, -0.2) is 50.0 Å². The molecule has 3 aromatic heterocycles. The number of aromatic nitrogens is 4. The molecule has 3 heterocycles. The van der Waals surface area contributed by atoms with Crippen molar-refractivity contribution in [3.63, 3.8) is 0 Å². The van der Waals surface area contributed by atoms with Crippen molar-refractivity contribution in [3.05, 3.63) is 60.4 Å². The van der Waals surface area contributed by atoms with Crippen molar-refractivity contribution in [2.75, 3.05) is 25.3 Å². The van der Waals surface area contributed by atoms with E-state index in [9.17, 15) is 22.2 Å². The number of amides is 1. The number of alkyl halides is 3. The molecule has 33 heavy (non-hydrogen) atoms. The number of nitrogens with zero attached hydrogens (tertiary/aromatic N) is 6. The highest BCUT2D eigenvalue weighted by molar-refractivity contribution is 7.93. The van der Waals surface area contributed by atoms with Gasteiger partial charge in [0, 0.05) is 48.9 Å². The van der Waals surface area contributed by atoms with Crippen LogP contribution in [0.25, 0.3) is 17.0 Å². The van der Waals surface area contributed by atoms with E-state index in [4.69, 9.17) is 0 Å². The number of benzene rings is 1. The second-order valence-corrected chi connectivity index (χ2v) is 9.58. The molecule has 0 saturated heterocycles. The van der Waals surface area contributed by atoms with Gasteiger partial charge in [-0.05, 0) is 30.3 Å². The molecule has 0 spiro atoms. The van der Waals surface area contributed by atoms with Crippen molar-refractivity contribution < 1.29 is 26.7 Å². The molecule has 1 aromatic carbocycles. The van der Waals surface area contributed by atoms with E-state index < -0.39 is 27.7 Å². The number of imidazole rings is 1. The third-order valence-corrected chi connectivity index (χ3v) is 6.28. The number of rotatable bonds is 4. The first kappa shape index (κ1) is 22.5. The van der Waals surface area contributed by atoms with Gasteiger partial charge in [-0.1, -0.05) is 11.2 Å². The minimum absolute atomic E-state index is 0.0745. The Morgan fingerprint density at radius 1 is 1.18 bits per heavy atom. The standard InChI is InChI=1S/C20H17F3N6O3S/c1-28(2)13-5-4-6-14(10-13)33(3,31)27-18(30)15-11-29-8-7-12(9-16(29)24-15)17-25-19(32-26-17)20(21,22)23/h4-11H,1-3H3. The Balaban J connectivity index is 1.66. The fourth-order valence-corrected chi connectivity index (χ4v) is 4.12. The number of pyridine rings is 1. The molecule has 13 heteroatoms. The second kappa shape index (κ2) is 7.99. The molecule has 0 bridgehead atoms. The number of fused-ring (bicyclic) bond motifs is 1. The van der Waals surface area contributed by atoms with E-state index in [1.165, 1.54) is 35.2 Å². The number of halogens is 3. The molecule has 1 unspecified atom stereocenters. The van der Waals surface area contributed by atoms with E-state index in [2.05, 4.69) is 24.0 Å². The lowest BCUT2D eigenvalue weighted by Gasteiger charge is -2.13. The van der Waals surface area contributed by atoms with Crippen LogP contribution < -0.4 is 4.90 Å². The Kier molecular flexibility index (Phi) is 5.44. The number of hydrogen-bond acceptors (Lipinski definition) is 7. The van der Waals surface area contributed by atoms with E-state index in [0.29, 0.717) is 4.90 Å². The van der Waals surface area contributed by atoms with E-state index in [1.807, 2.05) is 25.1 Å². The van der Waals surface area contributed by atoms with Gasteiger partial charge in [-0.2, -0.15) is 22.5 Å². The topological polar surface area (TPSA) is 106 Å². The van der Waals surface area contributed by atoms with Gasteiger partial charge < -0.3 is 13.8 Å². The predicted octanol–water partition coefficient (Wildman–Crippen LogP) is 3.77. The zero-order chi connectivity index (χ0) is 24.0. The molecule has 0 aliphatic rings. The van der Waals surface area contributed by atoms with Gasteiger partial charge in [0.05, 0.1) is 9.73 Å². The molecule has 0 fully saturated rings. The van der Waals surface area contributed by atoms with Gasteiger partial charge >= 0.3 is 18.0 Å². The molecule has 1 atom stereocenters. The highest BCUT2D eigenvalue weighted by Gasteiger charge is 2.38. The van der Waals surface area contributed by atoms with Crippen LogP contribution in [0.1, 0.15) is 16.4 Å². The molecular weight excluding hydrogens is 461 g/mol. The van der Waals surface area contributed by atoms with Crippen molar-refractivity contribution >= 4 is 27.0 Å². The first-order valence-electron chi connectivity index (χ1n) is 9.38. The van der Waals surface area contributed by atoms with Crippen LogP contribution in [0.2, 0.25) is 0 Å². The summed E-state index contributed by atoms with van der Waals surface area (Å²) in [6.07, 6.45) is -0.541. The van der Waals surface area contributed by atoms with E-state index in [-0.39, 0.29) is 22.7 Å². The van der Waals surface area contributed by atoms with Crippen molar-refractivity contribution in [1.82, 2.24) is 19.5 Å². The van der Waals surface area contributed by atoms with Gasteiger partial charge in [-0.15, -0.1) is 0 Å². The van der Waals surface area contributed by atoms with Crippen LogP contribution in [0.4, 0.5) is 18.9 Å². The van der Waals surface area contributed by atoms with Gasteiger partial charge in [0.1, 0.15) is 11.3 Å². The summed E-state index contributed by atoms with van der Waals surface area (Å²) >= 11 is 0. The summed E-state index contributed by atoms with van der Waals surface area (Å²) in [7, 11) is 0.618. The van der Waals surface area contributed by atoms with Crippen LogP contribution in [0.5, 0.6) is 0 Å². The lowest BCUT2D eigenvalue weighted by atomic mass is 10.2. The molecule has 9 nitrogen and oxygen atoms in total. The summed E-state index contributed by atoms with van der Waals surface area (Å²) in [5.41, 5.74) is 1.18. The van der Waals surface area contributed by atoms with Crippen molar-refractivity contribution in [2.24, 2.45) is 4.36 Å². The maximum absolute atomic E-state index is 13.1. The van der Waals surface area contributed by atoms with E-state index in [0.717, 1.165) is 5.69 Å². The summed E-state index contributed by atoms with van der Waals surface area (Å²) in [4.78, 5) is 22.4. The zero-order valence-electron chi connectivity index (χ0n) is 17.6. The molecule has 0 aliphatic heterocycles. The SMILES string of the molecule is CN(C)c1cccc(S(C)(=O)=NC(=O)c2cn3ccc(-c4noc(C(F)(F)F)n4)cc3n2)c1. The van der Waals surface area contributed by atoms with Gasteiger partial charge in [0.25, 0.3) is 0 Å². The Hall–Kier alpha value is -3.74. The smallest absolute Gasteiger partial charge is 0.378 e. The van der Waals surface area contributed by atoms with Crippen molar-refractivity contribution in [1.29, 1.82) is 0 Å². The summed E-state index contributed by atoms with van der Waals surface area (Å²) in [5, 5.41) is 3.33. The fraction of sp³-hybridized carbons (Fsp3) is 0.200. The number of anilines is 1. The van der Waals surface area contributed by atoms with E-state index >= 15 is 0 Å². The average Bonchev–Trinajstić information content (AvgIpc) is 3.40. The van der Waals surface area contributed by atoms with Gasteiger partial charge in [0.2, 0.25) is 5.82 Å². The lowest BCUT2D eigenvalue weighted by molar-refractivity contribution is -0.159. The molecule has 0 saturated carbocycles. The highest BCUT2D eigenvalue weighted by atomic mass is 32.2. The van der Waals surface area contributed by atoms with Crippen LogP contribution in [0, 0.1) is 0 Å². The summed E-state index contributed by atoms with van der Waals surface area (Å²) in [5.74, 6) is -2.53. The predicted molar refractivity (Wildman–Crippen MR) is 113 cm³/mol. The molecule has 1 amide bonds. The monoisotopic (exact) mass is 478 g/mol. The summed E-state index contributed by atoms with van der Waals surface area (Å²) in [6.45, 7) is 0. The Morgan fingerprint density at radius 3 is 2.61 bits per heavy atom. The van der Waals surface area contributed by atoms with Crippen molar-refractivity contribution in [3.8, 4) is 11.4 Å². The fourth-order valence-electron chi connectivity index (χ4n) is 2.93. The minimum Gasteiger partial charge on any atom is -0.378 e. The molecule has 172 valence electrons. The maximum Gasteiger partial charge on any atom is 0.471 e. The average molecular weight is 478 g/mol. The van der Waals surface area contributed by atoms with Crippen LogP contribution in [-0.2, 0) is 15.9 Å². The number of hydrogen-bond donors (Lipinski definition) is 0. The Morgan fingerprint density at radius 2 is 1.94 bits per heavy atom. The minimum atomic E-state index is -4.76. The molecule has 0 N–H and O–H groups in total. The van der Waals surface area contributed by atoms with E-state index in [1.54, 1.807) is 18.2 Å². The van der Waals surface area contributed by atoms with Crippen LogP contribution in [0.15, 0.2) is 62.6 Å². The Bertz CT molecular complexity index is 1480. The molecule has 4 rings (SSSR count). The molecule has 0 radical (unpaired) electrons. The molecular formula is C20H17F3N6O3S. The third kappa shape index (κ3) is 4.58. The molecule has 4 aromatic rings. The number of carbonyl (C=O) groups excluding carboxylic acids is 1.